The van der Waals surface area contributed by atoms with Crippen LogP contribution in [-0.4, -0.2) is 30.1 Å². The number of nitrogens with zero attached hydrogens (tertiary/aromatic N) is 2. The fraction of sp³-hybridized carbons (Fsp3) is 0.273. The minimum Gasteiger partial charge on any atom is -0.486 e. The van der Waals surface area contributed by atoms with Crippen molar-refractivity contribution in [2.45, 2.75) is 26.5 Å². The van der Waals surface area contributed by atoms with Crippen molar-refractivity contribution >= 4 is 16.9 Å². The third-order valence-corrected chi connectivity index (χ3v) is 4.19. The van der Waals surface area contributed by atoms with Gasteiger partial charge >= 0.3 is 0 Å². The highest BCUT2D eigenvalue weighted by molar-refractivity contribution is 5.83. The number of fused-ring (bicyclic) bond motifs is 1. The molecule has 5 nitrogen and oxygen atoms in total. The fourth-order valence-corrected chi connectivity index (χ4v) is 2.84. The number of rotatable bonds is 7. The monoisotopic (exact) mass is 380 g/mol. The first-order chi connectivity index (χ1) is 13.7. The Bertz CT molecular complexity index is 939. The molecule has 1 unspecified atom stereocenters. The third kappa shape index (κ3) is 5.19. The molecule has 0 aliphatic rings. The van der Waals surface area contributed by atoms with E-state index in [2.05, 4.69) is 20.6 Å². The number of nitrogens with one attached hydrogen (secondary N) is 2. The number of aromatic nitrogens is 1. The number of benzene rings is 2. The van der Waals surface area contributed by atoms with E-state index in [0.717, 1.165) is 23.0 Å². The van der Waals surface area contributed by atoms with E-state index in [9.17, 15) is 4.39 Å². The minimum atomic E-state index is -0.363. The molecule has 3 rings (SSSR count). The van der Waals surface area contributed by atoms with Gasteiger partial charge in [-0.1, -0.05) is 36.4 Å². The van der Waals surface area contributed by atoms with Crippen LogP contribution in [0, 0.1) is 5.82 Å². The predicted molar refractivity (Wildman–Crippen MR) is 111 cm³/mol. The number of aliphatic imine (C=N–C) groups is 1. The second-order valence-corrected chi connectivity index (χ2v) is 6.43. The van der Waals surface area contributed by atoms with E-state index < -0.39 is 0 Å². The Morgan fingerprint density at radius 1 is 1.11 bits per heavy atom. The first kappa shape index (κ1) is 19.6. The number of guanidine groups is 1. The van der Waals surface area contributed by atoms with Crippen molar-refractivity contribution in [3.8, 4) is 5.75 Å². The number of para-hydroxylation sites is 2. The first-order valence-electron chi connectivity index (χ1n) is 9.43. The molecule has 0 saturated carbocycles. The lowest BCUT2D eigenvalue weighted by Crippen LogP contribution is -2.41. The third-order valence-electron chi connectivity index (χ3n) is 4.19. The highest BCUT2D eigenvalue weighted by atomic mass is 19.1. The lowest BCUT2D eigenvalue weighted by Gasteiger charge is -2.18. The second kappa shape index (κ2) is 9.69. The van der Waals surface area contributed by atoms with Gasteiger partial charge in [-0.3, -0.25) is 4.98 Å². The molecule has 1 atom stereocenters. The van der Waals surface area contributed by atoms with Gasteiger partial charge in [-0.25, -0.2) is 9.38 Å². The summed E-state index contributed by atoms with van der Waals surface area (Å²) >= 11 is 0. The summed E-state index contributed by atoms with van der Waals surface area (Å²) in [5.41, 5.74) is 2.02. The van der Waals surface area contributed by atoms with Crippen LogP contribution >= 0.6 is 0 Å². The highest BCUT2D eigenvalue weighted by Gasteiger charge is 2.09. The predicted octanol–water partition coefficient (Wildman–Crippen LogP) is 3.90. The van der Waals surface area contributed by atoms with E-state index in [1.807, 2.05) is 44.2 Å². The van der Waals surface area contributed by atoms with E-state index in [1.54, 1.807) is 24.4 Å². The molecule has 146 valence electrons. The zero-order valence-electron chi connectivity index (χ0n) is 16.2. The molecular weight excluding hydrogens is 355 g/mol. The minimum absolute atomic E-state index is 0.222. The van der Waals surface area contributed by atoms with Gasteiger partial charge in [0.1, 0.15) is 6.10 Å². The van der Waals surface area contributed by atoms with Crippen molar-refractivity contribution in [3.63, 3.8) is 0 Å². The van der Waals surface area contributed by atoms with E-state index in [0.29, 0.717) is 19.0 Å². The zero-order valence-corrected chi connectivity index (χ0v) is 16.2. The Morgan fingerprint density at radius 3 is 2.75 bits per heavy atom. The SMILES string of the molecule is CCNC(=NCc1cccc2cccnc12)NCC(C)Oc1ccccc1F. The molecule has 3 aromatic rings. The van der Waals surface area contributed by atoms with Gasteiger partial charge in [-0.05, 0) is 37.6 Å². The molecule has 1 heterocycles. The van der Waals surface area contributed by atoms with Crippen LogP contribution in [0.2, 0.25) is 0 Å². The van der Waals surface area contributed by atoms with Gasteiger partial charge in [-0.15, -0.1) is 0 Å². The molecule has 0 aliphatic heterocycles. The van der Waals surface area contributed by atoms with Crippen molar-refractivity contribution in [3.05, 3.63) is 72.2 Å². The second-order valence-electron chi connectivity index (χ2n) is 6.43. The Hall–Kier alpha value is -3.15. The summed E-state index contributed by atoms with van der Waals surface area (Å²) < 4.78 is 19.4. The topological polar surface area (TPSA) is 58.5 Å². The van der Waals surface area contributed by atoms with E-state index in [1.165, 1.54) is 6.07 Å². The smallest absolute Gasteiger partial charge is 0.191 e. The molecule has 0 amide bonds. The quantitative estimate of drug-likeness (QED) is 0.482. The van der Waals surface area contributed by atoms with Gasteiger partial charge in [0.15, 0.2) is 17.5 Å². The zero-order chi connectivity index (χ0) is 19.8. The van der Waals surface area contributed by atoms with E-state index in [-0.39, 0.29) is 17.7 Å². The average Bonchev–Trinajstić information content (AvgIpc) is 2.72. The molecule has 2 aromatic carbocycles. The maximum Gasteiger partial charge on any atom is 0.191 e. The number of hydrogen-bond donors (Lipinski definition) is 2. The molecule has 28 heavy (non-hydrogen) atoms. The Balaban J connectivity index is 1.63. The first-order valence-corrected chi connectivity index (χ1v) is 9.43. The van der Waals surface area contributed by atoms with Crippen LogP contribution in [0.1, 0.15) is 19.4 Å². The molecule has 2 N–H and O–H groups in total. The summed E-state index contributed by atoms with van der Waals surface area (Å²) in [5.74, 6) is 0.568. The molecule has 6 heteroatoms. The van der Waals surface area contributed by atoms with Crippen molar-refractivity contribution in [2.75, 3.05) is 13.1 Å². The molecule has 0 fully saturated rings. The number of pyridine rings is 1. The van der Waals surface area contributed by atoms with Crippen LogP contribution in [0.25, 0.3) is 10.9 Å². The average molecular weight is 380 g/mol. The van der Waals surface area contributed by atoms with Gasteiger partial charge < -0.3 is 15.4 Å². The van der Waals surface area contributed by atoms with Crippen molar-refractivity contribution < 1.29 is 9.13 Å². The lowest BCUT2D eigenvalue weighted by molar-refractivity contribution is 0.214. The maximum absolute atomic E-state index is 13.7. The highest BCUT2D eigenvalue weighted by Crippen LogP contribution is 2.17. The Morgan fingerprint density at radius 2 is 1.93 bits per heavy atom. The van der Waals surface area contributed by atoms with Crippen LogP contribution in [0.4, 0.5) is 4.39 Å². The van der Waals surface area contributed by atoms with Gasteiger partial charge in [0.2, 0.25) is 0 Å². The summed E-state index contributed by atoms with van der Waals surface area (Å²) in [5, 5.41) is 7.57. The summed E-state index contributed by atoms with van der Waals surface area (Å²) in [6, 6.07) is 16.5. The summed E-state index contributed by atoms with van der Waals surface area (Å²) in [7, 11) is 0. The maximum atomic E-state index is 13.7. The molecule has 0 bridgehead atoms. The normalized spacial score (nSPS) is 12.6. The molecule has 1 aromatic heterocycles. The van der Waals surface area contributed by atoms with Crippen LogP contribution < -0.4 is 15.4 Å². The van der Waals surface area contributed by atoms with Gasteiger partial charge in [0.05, 0.1) is 18.6 Å². The number of hydrogen-bond acceptors (Lipinski definition) is 3. The Labute approximate surface area is 164 Å². The largest absolute Gasteiger partial charge is 0.486 e. The van der Waals surface area contributed by atoms with Gasteiger partial charge in [0.25, 0.3) is 0 Å². The van der Waals surface area contributed by atoms with Gasteiger partial charge in [0, 0.05) is 18.1 Å². The summed E-state index contributed by atoms with van der Waals surface area (Å²) in [6.07, 6.45) is 1.57. The van der Waals surface area contributed by atoms with Crippen molar-refractivity contribution in [1.82, 2.24) is 15.6 Å². The molecule has 0 aliphatic carbocycles. The molecule has 0 spiro atoms. The standard InChI is InChI=1S/C22H25FN4O/c1-3-24-22(26-14-16(2)28-20-12-5-4-11-19(20)23)27-15-18-9-6-8-17-10-7-13-25-21(17)18/h4-13,16H,3,14-15H2,1-2H3,(H2,24,26,27). The van der Waals surface area contributed by atoms with E-state index in [4.69, 9.17) is 4.74 Å². The lowest BCUT2D eigenvalue weighted by atomic mass is 10.1. The van der Waals surface area contributed by atoms with Crippen LogP contribution in [0.5, 0.6) is 5.75 Å². The number of ether oxygens (including phenoxy) is 1. The molecule has 0 radical (unpaired) electrons. The van der Waals surface area contributed by atoms with E-state index >= 15 is 0 Å². The van der Waals surface area contributed by atoms with Gasteiger partial charge in [-0.2, -0.15) is 0 Å². The summed E-state index contributed by atoms with van der Waals surface area (Å²) in [6.45, 7) is 5.63. The molecular formula is C22H25FN4O. The fourth-order valence-electron chi connectivity index (χ4n) is 2.84. The van der Waals surface area contributed by atoms with Crippen LogP contribution in [0.15, 0.2) is 65.8 Å². The van der Waals surface area contributed by atoms with Crippen LogP contribution in [0.3, 0.4) is 0 Å². The van der Waals surface area contributed by atoms with Crippen molar-refractivity contribution in [1.29, 1.82) is 0 Å². The Kier molecular flexibility index (Phi) is 6.78. The van der Waals surface area contributed by atoms with Crippen LogP contribution in [-0.2, 0) is 6.54 Å². The number of halogens is 1. The molecule has 0 saturated heterocycles. The van der Waals surface area contributed by atoms with Crippen molar-refractivity contribution in [2.24, 2.45) is 4.99 Å². The summed E-state index contributed by atoms with van der Waals surface area (Å²) in [4.78, 5) is 9.12.